The highest BCUT2D eigenvalue weighted by molar-refractivity contribution is 5.68. The molecule has 0 aliphatic rings. The molecule has 0 saturated carbocycles. The molecule has 0 aliphatic heterocycles. The number of aromatic amines is 1. The fourth-order valence-corrected chi connectivity index (χ4v) is 2.01. The van der Waals surface area contributed by atoms with E-state index in [4.69, 9.17) is 5.73 Å². The highest BCUT2D eigenvalue weighted by Gasteiger charge is 2.12. The van der Waals surface area contributed by atoms with Crippen LogP contribution in [-0.2, 0) is 0 Å². The van der Waals surface area contributed by atoms with Crippen LogP contribution >= 0.6 is 0 Å². The van der Waals surface area contributed by atoms with Gasteiger partial charge < -0.3 is 10.7 Å². The first-order valence-electron chi connectivity index (χ1n) is 6.10. The summed E-state index contributed by atoms with van der Waals surface area (Å²) in [5.41, 5.74) is 12.1. The summed E-state index contributed by atoms with van der Waals surface area (Å²) in [6, 6.07) is 6.24. The van der Waals surface area contributed by atoms with E-state index in [0.717, 1.165) is 22.8 Å². The van der Waals surface area contributed by atoms with Gasteiger partial charge in [0, 0.05) is 11.3 Å². The van der Waals surface area contributed by atoms with Crippen molar-refractivity contribution in [1.29, 1.82) is 0 Å². The van der Waals surface area contributed by atoms with Crippen LogP contribution in [0.2, 0.25) is 0 Å². The molecule has 3 nitrogen and oxygen atoms in total. The number of allylic oxidation sites excluding steroid dienone is 1. The Morgan fingerprint density at radius 3 is 2.67 bits per heavy atom. The van der Waals surface area contributed by atoms with Gasteiger partial charge in [-0.05, 0) is 38.8 Å². The lowest BCUT2D eigenvalue weighted by Crippen LogP contribution is -1.97. The van der Waals surface area contributed by atoms with Crippen LogP contribution < -0.4 is 5.73 Å². The van der Waals surface area contributed by atoms with Gasteiger partial charge in [0.1, 0.15) is 11.5 Å². The van der Waals surface area contributed by atoms with Crippen molar-refractivity contribution in [2.24, 2.45) is 5.73 Å². The number of rotatable bonds is 2. The zero-order valence-corrected chi connectivity index (χ0v) is 11.3. The molecule has 0 spiro atoms. The molecule has 94 valence electrons. The van der Waals surface area contributed by atoms with Crippen molar-refractivity contribution in [1.82, 2.24) is 9.97 Å². The van der Waals surface area contributed by atoms with Crippen molar-refractivity contribution < 1.29 is 0 Å². The number of aromatic nitrogens is 2. The third-order valence-electron chi connectivity index (χ3n) is 3.33. The van der Waals surface area contributed by atoms with Gasteiger partial charge in [0.15, 0.2) is 0 Å². The van der Waals surface area contributed by atoms with Crippen LogP contribution in [0.4, 0.5) is 0 Å². The molecule has 3 N–H and O–H groups in total. The molecule has 0 aliphatic carbocycles. The predicted molar refractivity (Wildman–Crippen MR) is 76.1 cm³/mol. The molecule has 2 aromatic rings. The van der Waals surface area contributed by atoms with Crippen LogP contribution in [0.25, 0.3) is 17.1 Å². The summed E-state index contributed by atoms with van der Waals surface area (Å²) in [4.78, 5) is 7.92. The summed E-state index contributed by atoms with van der Waals surface area (Å²) in [6.45, 7) is 8.13. The lowest BCUT2D eigenvalue weighted by Gasteiger charge is -2.05. The van der Waals surface area contributed by atoms with Gasteiger partial charge in [-0.2, -0.15) is 0 Å². The largest absolute Gasteiger partial charge is 0.397 e. The molecule has 0 atom stereocenters. The Bertz CT molecular complexity index is 606. The summed E-state index contributed by atoms with van der Waals surface area (Å²) >= 11 is 0. The second kappa shape index (κ2) is 4.69. The molecule has 2 rings (SSSR count). The van der Waals surface area contributed by atoms with Crippen LogP contribution in [0, 0.1) is 20.8 Å². The van der Waals surface area contributed by atoms with Crippen molar-refractivity contribution in [3.05, 3.63) is 46.8 Å². The maximum Gasteiger partial charge on any atom is 0.138 e. The Morgan fingerprint density at radius 1 is 1.28 bits per heavy atom. The average Bonchev–Trinajstić information content (AvgIpc) is 2.73. The molecule has 0 fully saturated rings. The number of hydrogen-bond acceptors (Lipinski definition) is 2. The predicted octanol–water partition coefficient (Wildman–Crippen LogP) is 3.32. The number of aryl methyl sites for hydroxylation is 2. The van der Waals surface area contributed by atoms with E-state index in [1.807, 2.05) is 26.0 Å². The number of nitrogens with two attached hydrogens (primary N) is 1. The monoisotopic (exact) mass is 241 g/mol. The van der Waals surface area contributed by atoms with E-state index >= 15 is 0 Å². The van der Waals surface area contributed by atoms with Crippen LogP contribution in [0.3, 0.4) is 0 Å². The third kappa shape index (κ3) is 2.04. The molecule has 0 radical (unpaired) electrons. The number of H-pyrrole nitrogens is 1. The zero-order valence-electron chi connectivity index (χ0n) is 11.3. The molecule has 1 aromatic carbocycles. The summed E-state index contributed by atoms with van der Waals surface area (Å²) in [5.74, 6) is 0.883. The molecule has 0 unspecified atom stereocenters. The maximum absolute atomic E-state index is 5.93. The molecule has 18 heavy (non-hydrogen) atoms. The lowest BCUT2D eigenvalue weighted by atomic mass is 10.0. The molecule has 3 heteroatoms. The normalized spacial score (nSPS) is 11.9. The number of nitrogens with one attached hydrogen (secondary N) is 1. The van der Waals surface area contributed by atoms with E-state index < -0.39 is 0 Å². The molecule has 0 bridgehead atoms. The van der Waals surface area contributed by atoms with E-state index in [9.17, 15) is 0 Å². The lowest BCUT2D eigenvalue weighted by molar-refractivity contribution is 1.23. The standard InChI is InChI=1S/C15H19N3/c1-5-13(16)14-11(4)17-15(18-14)12-8-6-7-9(2)10(12)3/h5-8H,16H2,1-4H3,(H,17,18)/b13-5-. The van der Waals surface area contributed by atoms with Gasteiger partial charge in [-0.25, -0.2) is 4.98 Å². The summed E-state index contributed by atoms with van der Waals surface area (Å²) in [7, 11) is 0. The Kier molecular flexibility index (Phi) is 3.24. The fourth-order valence-electron chi connectivity index (χ4n) is 2.01. The Balaban J connectivity index is 2.56. The first-order chi connectivity index (χ1) is 8.54. The first-order valence-corrected chi connectivity index (χ1v) is 6.10. The molecular weight excluding hydrogens is 222 g/mol. The van der Waals surface area contributed by atoms with Crippen LogP contribution in [0.1, 0.15) is 29.4 Å². The Labute approximate surface area is 108 Å². The number of benzene rings is 1. The maximum atomic E-state index is 5.93. The highest BCUT2D eigenvalue weighted by atomic mass is 14.9. The minimum Gasteiger partial charge on any atom is -0.397 e. The molecular formula is C15H19N3. The smallest absolute Gasteiger partial charge is 0.138 e. The molecule has 1 aromatic heterocycles. The molecule has 1 heterocycles. The number of nitrogens with zero attached hydrogens (tertiary/aromatic N) is 1. The van der Waals surface area contributed by atoms with Crippen LogP contribution in [0.5, 0.6) is 0 Å². The third-order valence-corrected chi connectivity index (χ3v) is 3.33. The number of hydrogen-bond donors (Lipinski definition) is 2. The van der Waals surface area contributed by atoms with E-state index in [1.165, 1.54) is 11.1 Å². The fraction of sp³-hybridized carbons (Fsp3) is 0.267. The Hall–Kier alpha value is -2.03. The van der Waals surface area contributed by atoms with E-state index in [0.29, 0.717) is 5.70 Å². The van der Waals surface area contributed by atoms with Crippen molar-refractivity contribution in [3.63, 3.8) is 0 Å². The van der Waals surface area contributed by atoms with Crippen molar-refractivity contribution in [2.45, 2.75) is 27.7 Å². The van der Waals surface area contributed by atoms with Gasteiger partial charge in [0.05, 0.1) is 5.70 Å². The number of imidazole rings is 1. The van der Waals surface area contributed by atoms with E-state index in [2.05, 4.69) is 35.9 Å². The van der Waals surface area contributed by atoms with Crippen LogP contribution in [0.15, 0.2) is 24.3 Å². The minimum absolute atomic E-state index is 0.709. The molecule has 0 saturated heterocycles. The second-order valence-electron chi connectivity index (χ2n) is 4.55. The second-order valence-corrected chi connectivity index (χ2v) is 4.55. The molecule has 0 amide bonds. The zero-order chi connectivity index (χ0) is 13.3. The SMILES string of the molecule is C/C=C(\N)c1nc(-c2cccc(C)c2C)[nH]c1C. The average molecular weight is 241 g/mol. The quantitative estimate of drug-likeness (QED) is 0.847. The van der Waals surface area contributed by atoms with E-state index in [-0.39, 0.29) is 0 Å². The highest BCUT2D eigenvalue weighted by Crippen LogP contribution is 2.25. The van der Waals surface area contributed by atoms with Gasteiger partial charge in [0.2, 0.25) is 0 Å². The minimum atomic E-state index is 0.709. The van der Waals surface area contributed by atoms with Crippen molar-refractivity contribution >= 4 is 5.70 Å². The van der Waals surface area contributed by atoms with E-state index in [1.54, 1.807) is 0 Å². The first kappa shape index (κ1) is 12.4. The van der Waals surface area contributed by atoms with Crippen LogP contribution in [-0.4, -0.2) is 9.97 Å². The van der Waals surface area contributed by atoms with Gasteiger partial charge in [-0.1, -0.05) is 24.3 Å². The summed E-state index contributed by atoms with van der Waals surface area (Å²) in [6.07, 6.45) is 1.87. The van der Waals surface area contributed by atoms with Gasteiger partial charge in [-0.3, -0.25) is 0 Å². The summed E-state index contributed by atoms with van der Waals surface area (Å²) in [5, 5.41) is 0. The van der Waals surface area contributed by atoms with Gasteiger partial charge in [-0.15, -0.1) is 0 Å². The summed E-state index contributed by atoms with van der Waals surface area (Å²) < 4.78 is 0. The van der Waals surface area contributed by atoms with Crippen molar-refractivity contribution in [2.75, 3.05) is 0 Å². The van der Waals surface area contributed by atoms with Gasteiger partial charge >= 0.3 is 0 Å². The van der Waals surface area contributed by atoms with Crippen molar-refractivity contribution in [3.8, 4) is 11.4 Å². The topological polar surface area (TPSA) is 54.7 Å². The van der Waals surface area contributed by atoms with Gasteiger partial charge in [0.25, 0.3) is 0 Å². The Morgan fingerprint density at radius 2 is 2.00 bits per heavy atom.